The molecule has 0 unspecified atom stereocenters. The maximum Gasteiger partial charge on any atom is 0.300 e. The van der Waals surface area contributed by atoms with Gasteiger partial charge >= 0.3 is 0 Å². The quantitative estimate of drug-likeness (QED) is 0.485. The van der Waals surface area contributed by atoms with Gasteiger partial charge in [-0.3, -0.25) is 19.5 Å². The van der Waals surface area contributed by atoms with Gasteiger partial charge < -0.3 is 0 Å². The lowest BCUT2D eigenvalue weighted by Crippen LogP contribution is -2.42. The summed E-state index contributed by atoms with van der Waals surface area (Å²) in [5, 5.41) is 3.05. The van der Waals surface area contributed by atoms with Crippen LogP contribution in [0.15, 0.2) is 77.8 Å². The van der Waals surface area contributed by atoms with Crippen molar-refractivity contribution in [2.45, 2.75) is 11.8 Å². The number of aromatic nitrogens is 2. The lowest BCUT2D eigenvalue weighted by molar-refractivity contribution is -0.494. The second-order valence-corrected chi connectivity index (χ2v) is 8.43. The summed E-state index contributed by atoms with van der Waals surface area (Å²) in [6.07, 6.45) is 1.92. The van der Waals surface area contributed by atoms with Crippen molar-refractivity contribution in [1.82, 2.24) is 4.98 Å². The Morgan fingerprint density at radius 1 is 1.10 bits per heavy atom. The maximum absolute atomic E-state index is 13.1. The van der Waals surface area contributed by atoms with Gasteiger partial charge in [-0.2, -0.15) is 0 Å². The average molecular weight is 430 g/mol. The number of imidazole rings is 1. The fraction of sp³-hybridized carbons (Fsp3) is 0.125. The Balaban J connectivity index is 1.50. The SMILES string of the molecule is Cc1ccc[n+]2c(NC(=O)CN3C(=O)CSc4ccccc43)c(-c3ccccc3)[nH]c12. The Kier molecular flexibility index (Phi) is 4.95. The number of pyridine rings is 1. The number of hydrogen-bond acceptors (Lipinski definition) is 3. The summed E-state index contributed by atoms with van der Waals surface area (Å²) in [5.41, 5.74) is 4.55. The number of carbonyl (C=O) groups excluding carboxylic acids is 2. The van der Waals surface area contributed by atoms with Crippen molar-refractivity contribution < 1.29 is 14.0 Å². The van der Waals surface area contributed by atoms with E-state index in [4.69, 9.17) is 0 Å². The number of fused-ring (bicyclic) bond motifs is 2. The van der Waals surface area contributed by atoms with E-state index >= 15 is 0 Å². The molecule has 2 aromatic carbocycles. The van der Waals surface area contributed by atoms with E-state index in [0.29, 0.717) is 11.6 Å². The Bertz CT molecular complexity index is 1300. The second-order valence-electron chi connectivity index (χ2n) is 7.41. The molecule has 2 N–H and O–H groups in total. The average Bonchev–Trinajstić information content (AvgIpc) is 3.16. The minimum atomic E-state index is -0.248. The maximum atomic E-state index is 13.1. The third-order valence-electron chi connectivity index (χ3n) is 5.35. The third-order valence-corrected chi connectivity index (χ3v) is 6.39. The number of anilines is 2. The van der Waals surface area contributed by atoms with Crippen LogP contribution in [0.4, 0.5) is 11.5 Å². The zero-order chi connectivity index (χ0) is 21.4. The largest absolute Gasteiger partial charge is 0.300 e. The van der Waals surface area contributed by atoms with Crippen molar-refractivity contribution in [3.8, 4) is 11.3 Å². The number of aromatic amines is 1. The van der Waals surface area contributed by atoms with E-state index in [1.165, 1.54) is 11.8 Å². The van der Waals surface area contributed by atoms with Gasteiger partial charge in [0.15, 0.2) is 5.69 Å². The number of benzene rings is 2. The Morgan fingerprint density at radius 2 is 1.87 bits per heavy atom. The number of amides is 2. The number of nitrogens with one attached hydrogen (secondary N) is 2. The van der Waals surface area contributed by atoms with Crippen LogP contribution in [0.2, 0.25) is 0 Å². The van der Waals surface area contributed by atoms with Gasteiger partial charge in [0.05, 0.1) is 17.6 Å². The van der Waals surface area contributed by atoms with Crippen LogP contribution in [0, 0.1) is 6.92 Å². The molecule has 3 heterocycles. The van der Waals surface area contributed by atoms with Crippen molar-refractivity contribution in [1.29, 1.82) is 0 Å². The Labute approximate surface area is 183 Å². The highest BCUT2D eigenvalue weighted by Crippen LogP contribution is 2.35. The van der Waals surface area contributed by atoms with Crippen LogP contribution in [0.1, 0.15) is 5.56 Å². The van der Waals surface area contributed by atoms with Crippen molar-refractivity contribution >= 4 is 40.7 Å². The summed E-state index contributed by atoms with van der Waals surface area (Å²) < 4.78 is 1.94. The molecule has 0 aliphatic carbocycles. The van der Waals surface area contributed by atoms with Gasteiger partial charge in [0, 0.05) is 16.0 Å². The molecule has 4 aromatic rings. The minimum Gasteiger partial charge on any atom is -0.300 e. The smallest absolute Gasteiger partial charge is 0.300 e. The number of hydrogen-bond donors (Lipinski definition) is 2. The molecule has 0 bridgehead atoms. The molecule has 5 rings (SSSR count). The van der Waals surface area contributed by atoms with Crippen molar-refractivity contribution in [2.24, 2.45) is 0 Å². The predicted octanol–water partition coefficient (Wildman–Crippen LogP) is 3.81. The van der Waals surface area contributed by atoms with E-state index in [1.54, 1.807) is 4.90 Å². The molecule has 0 fully saturated rings. The van der Waals surface area contributed by atoms with Gasteiger partial charge in [-0.05, 0) is 31.2 Å². The summed E-state index contributed by atoms with van der Waals surface area (Å²) in [4.78, 5) is 31.7. The van der Waals surface area contributed by atoms with Gasteiger partial charge in [-0.15, -0.1) is 11.8 Å². The standard InChI is InChI=1S/C24H20N4O2S/c1-16-8-7-13-27-23(16)26-22(17-9-3-2-4-10-17)24(27)25-20(29)14-28-18-11-5-6-12-19(18)31-15-21(28)30/h2-13H,14-15H2,1H3,(H,25,29)/p+1. The highest BCUT2D eigenvalue weighted by molar-refractivity contribution is 8.00. The molecule has 154 valence electrons. The number of H-pyrrole nitrogens is 1. The van der Waals surface area contributed by atoms with E-state index in [0.717, 1.165) is 33.1 Å². The zero-order valence-corrected chi connectivity index (χ0v) is 17.8. The number of rotatable bonds is 4. The molecule has 7 heteroatoms. The van der Waals surface area contributed by atoms with Gasteiger partial charge in [-0.25, -0.2) is 9.72 Å². The van der Waals surface area contributed by atoms with Gasteiger partial charge in [-0.1, -0.05) is 42.5 Å². The predicted molar refractivity (Wildman–Crippen MR) is 122 cm³/mol. The first-order valence-electron chi connectivity index (χ1n) is 10.0. The summed E-state index contributed by atoms with van der Waals surface area (Å²) in [6, 6.07) is 21.5. The Hall–Kier alpha value is -3.58. The van der Waals surface area contributed by atoms with Crippen LogP contribution in [0.25, 0.3) is 16.9 Å². The zero-order valence-electron chi connectivity index (χ0n) is 17.0. The van der Waals surface area contributed by atoms with E-state index in [9.17, 15) is 9.59 Å². The van der Waals surface area contributed by atoms with Gasteiger partial charge in [0.2, 0.25) is 11.6 Å². The third kappa shape index (κ3) is 3.57. The van der Waals surface area contributed by atoms with Crippen LogP contribution in [0.5, 0.6) is 0 Å². The van der Waals surface area contributed by atoms with Crippen LogP contribution in [-0.2, 0) is 9.59 Å². The highest BCUT2D eigenvalue weighted by Gasteiger charge is 2.29. The molecule has 2 aromatic heterocycles. The fourth-order valence-corrected chi connectivity index (χ4v) is 4.77. The van der Waals surface area contributed by atoms with Gasteiger partial charge in [0.25, 0.3) is 11.7 Å². The monoisotopic (exact) mass is 429 g/mol. The molecule has 31 heavy (non-hydrogen) atoms. The molecule has 0 saturated carbocycles. The first kappa shape index (κ1) is 19.4. The number of thioether (sulfide) groups is 1. The number of nitrogens with zero attached hydrogens (tertiary/aromatic N) is 2. The molecule has 1 aliphatic heterocycles. The van der Waals surface area contributed by atoms with Crippen LogP contribution < -0.4 is 14.6 Å². The molecule has 0 spiro atoms. The number of carbonyl (C=O) groups is 2. The van der Waals surface area contributed by atoms with Crippen LogP contribution in [-0.4, -0.2) is 29.1 Å². The van der Waals surface area contributed by atoms with Crippen molar-refractivity contribution in [3.63, 3.8) is 0 Å². The van der Waals surface area contributed by atoms with Crippen molar-refractivity contribution in [2.75, 3.05) is 22.5 Å². The Morgan fingerprint density at radius 3 is 2.71 bits per heavy atom. The van der Waals surface area contributed by atoms with E-state index < -0.39 is 0 Å². The topological polar surface area (TPSA) is 69.3 Å². The molecular weight excluding hydrogens is 408 g/mol. The molecule has 6 nitrogen and oxygen atoms in total. The molecule has 0 atom stereocenters. The summed E-state index contributed by atoms with van der Waals surface area (Å²) in [7, 11) is 0. The minimum absolute atomic E-state index is 0.0380. The first-order valence-corrected chi connectivity index (χ1v) is 11.0. The first-order chi connectivity index (χ1) is 15.1. The van der Waals surface area contributed by atoms with Crippen LogP contribution in [0.3, 0.4) is 0 Å². The lowest BCUT2D eigenvalue weighted by atomic mass is 10.1. The summed E-state index contributed by atoms with van der Waals surface area (Å²) >= 11 is 1.50. The van der Waals surface area contributed by atoms with Crippen molar-refractivity contribution in [3.05, 3.63) is 78.5 Å². The normalized spacial score (nSPS) is 13.3. The van der Waals surface area contributed by atoms with E-state index in [-0.39, 0.29) is 18.4 Å². The fourth-order valence-electron chi connectivity index (χ4n) is 3.84. The van der Waals surface area contributed by atoms with Crippen LogP contribution >= 0.6 is 11.8 Å². The lowest BCUT2D eigenvalue weighted by Gasteiger charge is -2.27. The molecule has 0 radical (unpaired) electrons. The molecular formula is C24H21N4O2S+. The number of para-hydroxylation sites is 1. The number of aryl methyl sites for hydroxylation is 1. The molecule has 0 saturated heterocycles. The van der Waals surface area contributed by atoms with E-state index in [1.807, 2.05) is 84.3 Å². The summed E-state index contributed by atoms with van der Waals surface area (Å²) in [6.45, 7) is 1.98. The molecule has 1 aliphatic rings. The highest BCUT2D eigenvalue weighted by atomic mass is 32.2. The van der Waals surface area contributed by atoms with E-state index in [2.05, 4.69) is 10.3 Å². The second kappa shape index (κ2) is 7.92. The van der Waals surface area contributed by atoms with Gasteiger partial charge in [0.1, 0.15) is 6.54 Å². The summed E-state index contributed by atoms with van der Waals surface area (Å²) in [5.74, 6) is 0.675. The molecule has 2 amide bonds.